The first kappa shape index (κ1) is 16.0. The average Bonchev–Trinajstić information content (AvgIpc) is 2.77. The lowest BCUT2D eigenvalue weighted by molar-refractivity contribution is -0.146. The second kappa shape index (κ2) is 7.48. The number of carboxylic acids is 1. The fourth-order valence-electron chi connectivity index (χ4n) is 2.38. The zero-order valence-electron chi connectivity index (χ0n) is 12.1. The van der Waals surface area contributed by atoms with Crippen LogP contribution in [0.25, 0.3) is 0 Å². The minimum absolute atomic E-state index is 0.0352. The number of hydrogen-bond donors (Lipinski definition) is 1. The minimum atomic E-state index is -0.959. The fourth-order valence-corrected chi connectivity index (χ4v) is 2.38. The minimum Gasteiger partial charge on any atom is -0.480 e. The highest BCUT2D eigenvalue weighted by Crippen LogP contribution is 2.23. The molecule has 1 amide bonds. The molecule has 0 bridgehead atoms. The normalized spacial score (nSPS) is 24.2. The number of ether oxygens (including phenoxy) is 1. The van der Waals surface area contributed by atoms with Crippen LogP contribution in [0.2, 0.25) is 0 Å². The predicted molar refractivity (Wildman–Crippen MR) is 71.9 cm³/mol. The summed E-state index contributed by atoms with van der Waals surface area (Å²) >= 11 is 0. The van der Waals surface area contributed by atoms with Crippen molar-refractivity contribution in [2.24, 2.45) is 0 Å². The topological polar surface area (TPSA) is 66.8 Å². The van der Waals surface area contributed by atoms with Crippen LogP contribution in [0.15, 0.2) is 0 Å². The van der Waals surface area contributed by atoms with Crippen molar-refractivity contribution in [1.29, 1.82) is 0 Å². The van der Waals surface area contributed by atoms with E-state index in [1.54, 1.807) is 0 Å². The predicted octanol–water partition coefficient (Wildman–Crippen LogP) is 2.05. The van der Waals surface area contributed by atoms with Gasteiger partial charge in [0.25, 0.3) is 0 Å². The molecule has 0 saturated carbocycles. The van der Waals surface area contributed by atoms with Crippen LogP contribution in [0.1, 0.15) is 52.9 Å². The van der Waals surface area contributed by atoms with Gasteiger partial charge in [-0.25, -0.2) is 0 Å². The van der Waals surface area contributed by atoms with E-state index >= 15 is 0 Å². The van der Waals surface area contributed by atoms with E-state index in [1.807, 2.05) is 20.8 Å². The lowest BCUT2D eigenvalue weighted by Gasteiger charge is -2.27. The van der Waals surface area contributed by atoms with E-state index in [0.29, 0.717) is 12.8 Å². The van der Waals surface area contributed by atoms with Crippen molar-refractivity contribution in [3.8, 4) is 0 Å². The van der Waals surface area contributed by atoms with E-state index in [1.165, 1.54) is 4.90 Å². The van der Waals surface area contributed by atoms with Crippen molar-refractivity contribution in [1.82, 2.24) is 4.90 Å². The van der Waals surface area contributed by atoms with E-state index in [2.05, 4.69) is 0 Å². The maximum absolute atomic E-state index is 12.1. The van der Waals surface area contributed by atoms with Crippen LogP contribution >= 0.6 is 0 Å². The summed E-state index contributed by atoms with van der Waals surface area (Å²) in [7, 11) is 0. The number of carbonyl (C=O) groups is 2. The largest absolute Gasteiger partial charge is 0.480 e. The highest BCUT2D eigenvalue weighted by Gasteiger charge is 2.25. The maximum atomic E-state index is 12.1. The standard InChI is InChI=1S/C14H25NO4/c1-4-10(2)15(9-14(17)18)13(16)8-7-12-6-5-11(3)19-12/h10-12H,4-9H2,1-3H3,(H,17,18). The zero-order valence-corrected chi connectivity index (χ0v) is 12.1. The number of aliphatic carboxylic acids is 1. The Hall–Kier alpha value is -1.10. The summed E-state index contributed by atoms with van der Waals surface area (Å²) in [6.45, 7) is 5.66. The van der Waals surface area contributed by atoms with Crippen LogP contribution in [0.4, 0.5) is 0 Å². The van der Waals surface area contributed by atoms with Gasteiger partial charge in [0.05, 0.1) is 12.2 Å². The van der Waals surface area contributed by atoms with E-state index < -0.39 is 5.97 Å². The smallest absolute Gasteiger partial charge is 0.323 e. The third-order valence-electron chi connectivity index (χ3n) is 3.75. The lowest BCUT2D eigenvalue weighted by Crippen LogP contribution is -2.42. The number of carboxylic acid groups (broad SMARTS) is 1. The Morgan fingerprint density at radius 1 is 1.42 bits per heavy atom. The second-order valence-electron chi connectivity index (χ2n) is 5.36. The number of nitrogens with zero attached hydrogens (tertiary/aromatic N) is 1. The molecule has 0 radical (unpaired) electrons. The third-order valence-corrected chi connectivity index (χ3v) is 3.75. The Bertz CT molecular complexity index is 319. The molecule has 1 heterocycles. The molecule has 1 fully saturated rings. The van der Waals surface area contributed by atoms with Crippen molar-refractivity contribution in [3.05, 3.63) is 0 Å². The highest BCUT2D eigenvalue weighted by atomic mass is 16.5. The van der Waals surface area contributed by atoms with Crippen LogP contribution in [-0.2, 0) is 14.3 Å². The number of hydrogen-bond acceptors (Lipinski definition) is 3. The maximum Gasteiger partial charge on any atom is 0.323 e. The molecule has 1 aliphatic heterocycles. The molecule has 0 aromatic rings. The highest BCUT2D eigenvalue weighted by molar-refractivity contribution is 5.81. The van der Waals surface area contributed by atoms with Gasteiger partial charge in [0, 0.05) is 12.5 Å². The monoisotopic (exact) mass is 271 g/mol. The van der Waals surface area contributed by atoms with Gasteiger partial charge in [0.15, 0.2) is 0 Å². The molecule has 0 aromatic carbocycles. The summed E-state index contributed by atoms with van der Waals surface area (Å²) in [4.78, 5) is 24.4. The quantitative estimate of drug-likeness (QED) is 0.769. The first-order chi connectivity index (χ1) is 8.93. The van der Waals surface area contributed by atoms with Crippen molar-refractivity contribution in [2.75, 3.05) is 6.54 Å². The van der Waals surface area contributed by atoms with Crippen LogP contribution < -0.4 is 0 Å². The summed E-state index contributed by atoms with van der Waals surface area (Å²) in [5.41, 5.74) is 0. The molecule has 1 N–H and O–H groups in total. The fraction of sp³-hybridized carbons (Fsp3) is 0.857. The van der Waals surface area contributed by atoms with Gasteiger partial charge in [-0.1, -0.05) is 6.92 Å². The molecule has 1 rings (SSSR count). The molecule has 0 aromatic heterocycles. The Labute approximate surface area is 114 Å². The Morgan fingerprint density at radius 3 is 2.58 bits per heavy atom. The Balaban J connectivity index is 2.45. The molecular weight excluding hydrogens is 246 g/mol. The van der Waals surface area contributed by atoms with E-state index in [9.17, 15) is 9.59 Å². The van der Waals surface area contributed by atoms with Gasteiger partial charge in [-0.15, -0.1) is 0 Å². The molecule has 0 spiro atoms. The van der Waals surface area contributed by atoms with Gasteiger partial charge < -0.3 is 14.7 Å². The number of carbonyl (C=O) groups excluding carboxylic acids is 1. The van der Waals surface area contributed by atoms with Crippen LogP contribution in [0, 0.1) is 0 Å². The molecule has 110 valence electrons. The molecule has 3 atom stereocenters. The van der Waals surface area contributed by atoms with Gasteiger partial charge in [0.2, 0.25) is 5.91 Å². The van der Waals surface area contributed by atoms with Crippen LogP contribution in [-0.4, -0.2) is 46.7 Å². The van der Waals surface area contributed by atoms with Crippen LogP contribution in [0.5, 0.6) is 0 Å². The van der Waals surface area contributed by atoms with Gasteiger partial charge in [0.1, 0.15) is 6.54 Å². The van der Waals surface area contributed by atoms with Crippen LogP contribution in [0.3, 0.4) is 0 Å². The summed E-state index contributed by atoms with van der Waals surface area (Å²) in [5, 5.41) is 8.87. The second-order valence-corrected chi connectivity index (χ2v) is 5.36. The first-order valence-corrected chi connectivity index (χ1v) is 7.10. The summed E-state index contributed by atoms with van der Waals surface area (Å²) in [6.07, 6.45) is 4.30. The van der Waals surface area contributed by atoms with E-state index in [4.69, 9.17) is 9.84 Å². The van der Waals surface area contributed by atoms with Crippen molar-refractivity contribution < 1.29 is 19.4 Å². The van der Waals surface area contributed by atoms with E-state index in [0.717, 1.165) is 19.3 Å². The molecule has 3 unspecified atom stereocenters. The van der Waals surface area contributed by atoms with Gasteiger partial charge in [-0.05, 0) is 39.5 Å². The molecule has 1 saturated heterocycles. The third kappa shape index (κ3) is 5.19. The Kier molecular flexibility index (Phi) is 6.28. The SMILES string of the molecule is CCC(C)N(CC(=O)O)C(=O)CCC1CCC(C)O1. The number of rotatable bonds is 7. The Morgan fingerprint density at radius 2 is 2.11 bits per heavy atom. The van der Waals surface area contributed by atoms with Gasteiger partial charge in [-0.2, -0.15) is 0 Å². The summed E-state index contributed by atoms with van der Waals surface area (Å²) in [5.74, 6) is -1.04. The van der Waals surface area contributed by atoms with Crippen molar-refractivity contribution >= 4 is 11.9 Å². The molecule has 5 nitrogen and oxygen atoms in total. The first-order valence-electron chi connectivity index (χ1n) is 7.10. The average molecular weight is 271 g/mol. The molecular formula is C14H25NO4. The van der Waals surface area contributed by atoms with Gasteiger partial charge in [-0.3, -0.25) is 9.59 Å². The van der Waals surface area contributed by atoms with Crippen molar-refractivity contribution in [3.63, 3.8) is 0 Å². The molecule has 19 heavy (non-hydrogen) atoms. The van der Waals surface area contributed by atoms with E-state index in [-0.39, 0.29) is 30.7 Å². The van der Waals surface area contributed by atoms with Gasteiger partial charge >= 0.3 is 5.97 Å². The molecule has 0 aliphatic carbocycles. The zero-order chi connectivity index (χ0) is 14.4. The summed E-state index contributed by atoms with van der Waals surface area (Å²) < 4.78 is 5.67. The molecule has 5 heteroatoms. The summed E-state index contributed by atoms with van der Waals surface area (Å²) in [6, 6.07) is -0.0352. The lowest BCUT2D eigenvalue weighted by atomic mass is 10.1. The molecule has 1 aliphatic rings. The van der Waals surface area contributed by atoms with Crippen molar-refractivity contribution in [2.45, 2.75) is 71.1 Å². The number of amides is 1.